The van der Waals surface area contributed by atoms with Gasteiger partial charge in [-0.25, -0.2) is 4.98 Å². The van der Waals surface area contributed by atoms with Gasteiger partial charge in [-0.1, -0.05) is 12.1 Å². The molecule has 2 aliphatic rings. The van der Waals surface area contributed by atoms with Crippen LogP contribution in [0.3, 0.4) is 0 Å². The number of hydrogen-bond acceptors (Lipinski definition) is 2. The van der Waals surface area contributed by atoms with Crippen molar-refractivity contribution < 1.29 is 0 Å². The maximum atomic E-state index is 4.29. The van der Waals surface area contributed by atoms with Crippen LogP contribution in [0.15, 0.2) is 29.0 Å². The molecule has 2 atom stereocenters. The average molecular weight is 265 g/mol. The Morgan fingerprint density at radius 1 is 1.40 bits per heavy atom. The molecule has 0 bridgehead atoms. The summed E-state index contributed by atoms with van der Waals surface area (Å²) in [6, 6.07) is 4.74. The second kappa shape index (κ2) is 3.72. The Kier molecular flexibility index (Phi) is 2.37. The molecule has 2 nitrogen and oxygen atoms in total. The molecule has 0 saturated carbocycles. The molecule has 0 aromatic carbocycles. The van der Waals surface area contributed by atoms with Gasteiger partial charge < -0.3 is 5.32 Å². The second-order valence-corrected chi connectivity index (χ2v) is 5.06. The Morgan fingerprint density at radius 2 is 2.33 bits per heavy atom. The third kappa shape index (κ3) is 1.64. The van der Waals surface area contributed by atoms with E-state index in [2.05, 4.69) is 38.4 Å². The quantitative estimate of drug-likeness (QED) is 0.789. The van der Waals surface area contributed by atoms with Gasteiger partial charge in [0.25, 0.3) is 0 Å². The van der Waals surface area contributed by atoms with Crippen molar-refractivity contribution in [2.75, 3.05) is 6.54 Å². The summed E-state index contributed by atoms with van der Waals surface area (Å²) in [5, 5.41) is 3.50. The van der Waals surface area contributed by atoms with E-state index >= 15 is 0 Å². The minimum Gasteiger partial charge on any atom is -0.309 e. The van der Waals surface area contributed by atoms with Crippen LogP contribution in [-0.2, 0) is 0 Å². The lowest BCUT2D eigenvalue weighted by Crippen LogP contribution is -2.54. The molecule has 1 saturated heterocycles. The number of aromatic nitrogens is 1. The molecule has 3 rings (SSSR count). The number of nitrogens with zero attached hydrogens (tertiary/aromatic N) is 1. The van der Waals surface area contributed by atoms with Crippen molar-refractivity contribution in [2.45, 2.75) is 18.9 Å². The fourth-order valence-corrected chi connectivity index (χ4v) is 2.69. The molecule has 0 unspecified atom stereocenters. The fraction of sp³-hybridized carbons (Fsp3) is 0.417. The molecule has 1 aromatic rings. The largest absolute Gasteiger partial charge is 0.309 e. The van der Waals surface area contributed by atoms with E-state index in [1.807, 2.05) is 12.3 Å². The van der Waals surface area contributed by atoms with Crippen molar-refractivity contribution in [1.82, 2.24) is 10.3 Å². The highest BCUT2D eigenvalue weighted by molar-refractivity contribution is 9.10. The number of halogens is 1. The van der Waals surface area contributed by atoms with Crippen LogP contribution in [-0.4, -0.2) is 17.6 Å². The topological polar surface area (TPSA) is 24.9 Å². The molecule has 0 amide bonds. The lowest BCUT2D eigenvalue weighted by atomic mass is 9.76. The summed E-state index contributed by atoms with van der Waals surface area (Å²) in [6.45, 7) is 1.19. The van der Waals surface area contributed by atoms with Gasteiger partial charge in [0.2, 0.25) is 0 Å². The molecule has 1 aromatic heterocycles. The molecule has 0 radical (unpaired) electrons. The smallest absolute Gasteiger partial charge is 0.106 e. The standard InChI is InChI=1S/C12H13BrN2/c13-11-5-4-8(6-14-11)10-3-1-2-9-7-15-12(9)10/h3-6,9,12,15H,1-2,7H2/t9-,12+/m1/s1. The summed E-state index contributed by atoms with van der Waals surface area (Å²) in [7, 11) is 0. The Hall–Kier alpha value is -0.670. The molecule has 78 valence electrons. The minimum absolute atomic E-state index is 0.585. The van der Waals surface area contributed by atoms with Crippen LogP contribution >= 0.6 is 15.9 Å². The molecule has 2 heterocycles. The Labute approximate surface area is 97.9 Å². The first-order chi connectivity index (χ1) is 7.34. The zero-order valence-electron chi connectivity index (χ0n) is 8.41. The van der Waals surface area contributed by atoms with Crippen molar-refractivity contribution in [3.05, 3.63) is 34.6 Å². The van der Waals surface area contributed by atoms with Crippen LogP contribution in [0.2, 0.25) is 0 Å². The second-order valence-electron chi connectivity index (χ2n) is 4.25. The van der Waals surface area contributed by atoms with Gasteiger partial charge in [-0.3, -0.25) is 0 Å². The van der Waals surface area contributed by atoms with E-state index in [1.54, 1.807) is 0 Å². The van der Waals surface area contributed by atoms with Crippen LogP contribution in [0.5, 0.6) is 0 Å². The first-order valence-electron chi connectivity index (χ1n) is 5.40. The zero-order valence-corrected chi connectivity index (χ0v) is 10.00. The lowest BCUT2D eigenvalue weighted by molar-refractivity contribution is 0.262. The average Bonchev–Trinajstić information content (AvgIpc) is 2.21. The summed E-state index contributed by atoms with van der Waals surface area (Å²) in [6.07, 6.45) is 6.87. The van der Waals surface area contributed by atoms with Gasteiger partial charge in [-0.2, -0.15) is 0 Å². The molecule has 1 aliphatic carbocycles. The van der Waals surface area contributed by atoms with Crippen LogP contribution in [0.25, 0.3) is 5.57 Å². The fourth-order valence-electron chi connectivity index (χ4n) is 2.46. The predicted octanol–water partition coefficient (Wildman–Crippen LogP) is 2.61. The summed E-state index contributed by atoms with van der Waals surface area (Å²) in [5.74, 6) is 0.855. The van der Waals surface area contributed by atoms with Gasteiger partial charge in [0.05, 0.1) is 0 Å². The number of pyridine rings is 1. The van der Waals surface area contributed by atoms with E-state index in [9.17, 15) is 0 Å². The minimum atomic E-state index is 0.585. The van der Waals surface area contributed by atoms with Crippen LogP contribution in [0, 0.1) is 5.92 Å². The highest BCUT2D eigenvalue weighted by Crippen LogP contribution is 2.35. The van der Waals surface area contributed by atoms with E-state index in [0.717, 1.165) is 10.5 Å². The van der Waals surface area contributed by atoms with E-state index < -0.39 is 0 Å². The van der Waals surface area contributed by atoms with E-state index in [1.165, 1.54) is 30.5 Å². The maximum absolute atomic E-state index is 4.29. The monoisotopic (exact) mass is 264 g/mol. The summed E-state index contributed by atoms with van der Waals surface area (Å²) < 4.78 is 0.903. The highest BCUT2D eigenvalue weighted by Gasteiger charge is 2.35. The van der Waals surface area contributed by atoms with Gasteiger partial charge in [-0.05, 0) is 51.9 Å². The number of allylic oxidation sites excluding steroid dienone is 1. The molecule has 0 spiro atoms. The molecule has 1 fully saturated rings. The maximum Gasteiger partial charge on any atom is 0.106 e. The molecule has 1 N–H and O–H groups in total. The predicted molar refractivity (Wildman–Crippen MR) is 64.4 cm³/mol. The third-order valence-corrected chi connectivity index (χ3v) is 3.84. The molecule has 15 heavy (non-hydrogen) atoms. The van der Waals surface area contributed by atoms with Crippen LogP contribution < -0.4 is 5.32 Å². The summed E-state index contributed by atoms with van der Waals surface area (Å²) in [5.41, 5.74) is 2.71. The Morgan fingerprint density at radius 3 is 3.00 bits per heavy atom. The van der Waals surface area contributed by atoms with Crippen molar-refractivity contribution in [3.63, 3.8) is 0 Å². The summed E-state index contributed by atoms with van der Waals surface area (Å²) >= 11 is 3.36. The zero-order chi connectivity index (χ0) is 10.3. The molecular formula is C12H13BrN2. The first kappa shape index (κ1) is 9.55. The number of hydrogen-bond donors (Lipinski definition) is 1. The lowest BCUT2D eigenvalue weighted by Gasteiger charge is -2.42. The van der Waals surface area contributed by atoms with Crippen molar-refractivity contribution >= 4 is 21.5 Å². The SMILES string of the molecule is Brc1ccc(C2=CCC[C@@H]3CN[C@H]23)cn1. The van der Waals surface area contributed by atoms with Crippen molar-refractivity contribution in [1.29, 1.82) is 0 Å². The molecular weight excluding hydrogens is 252 g/mol. The van der Waals surface area contributed by atoms with E-state index in [0.29, 0.717) is 6.04 Å². The van der Waals surface area contributed by atoms with E-state index in [4.69, 9.17) is 0 Å². The Balaban J connectivity index is 1.92. The number of fused-ring (bicyclic) bond motifs is 1. The number of nitrogens with one attached hydrogen (secondary N) is 1. The normalized spacial score (nSPS) is 29.0. The van der Waals surface area contributed by atoms with Crippen LogP contribution in [0.4, 0.5) is 0 Å². The number of rotatable bonds is 1. The van der Waals surface area contributed by atoms with Crippen molar-refractivity contribution in [3.8, 4) is 0 Å². The molecule has 3 heteroatoms. The van der Waals surface area contributed by atoms with Crippen LogP contribution in [0.1, 0.15) is 18.4 Å². The molecule has 1 aliphatic heterocycles. The summed E-state index contributed by atoms with van der Waals surface area (Å²) in [4.78, 5) is 4.29. The highest BCUT2D eigenvalue weighted by atomic mass is 79.9. The third-order valence-electron chi connectivity index (χ3n) is 3.37. The van der Waals surface area contributed by atoms with Gasteiger partial charge in [-0.15, -0.1) is 0 Å². The Bertz CT molecular complexity index is 397. The van der Waals surface area contributed by atoms with Crippen molar-refractivity contribution in [2.24, 2.45) is 5.92 Å². The van der Waals surface area contributed by atoms with Gasteiger partial charge >= 0.3 is 0 Å². The van der Waals surface area contributed by atoms with E-state index in [-0.39, 0.29) is 0 Å². The van der Waals surface area contributed by atoms with Gasteiger partial charge in [0, 0.05) is 18.8 Å². The van der Waals surface area contributed by atoms with Gasteiger partial charge in [0.15, 0.2) is 0 Å². The van der Waals surface area contributed by atoms with Gasteiger partial charge in [0.1, 0.15) is 4.60 Å². The first-order valence-corrected chi connectivity index (χ1v) is 6.19.